The van der Waals surface area contributed by atoms with Gasteiger partial charge in [0.2, 0.25) is 0 Å². The average molecular weight is 678 g/mol. The van der Waals surface area contributed by atoms with Crippen LogP contribution in [0.3, 0.4) is 0 Å². The Hall–Kier alpha value is -4.44. The van der Waals surface area contributed by atoms with E-state index in [0.717, 1.165) is 12.1 Å². The quantitative estimate of drug-likeness (QED) is 0.154. The molecule has 0 atom stereocenters. The van der Waals surface area contributed by atoms with E-state index in [2.05, 4.69) is 10.3 Å². The van der Waals surface area contributed by atoms with Crippen LogP contribution in [0.4, 0.5) is 62.4 Å². The molecule has 1 saturated carbocycles. The highest BCUT2D eigenvalue weighted by molar-refractivity contribution is 5.56. The second-order valence-electron chi connectivity index (χ2n) is 11.3. The molecule has 8 nitrogen and oxygen atoms in total. The van der Waals surface area contributed by atoms with Gasteiger partial charge in [-0.3, -0.25) is 10.1 Å². The summed E-state index contributed by atoms with van der Waals surface area (Å²) in [4.78, 5) is 17.6. The van der Waals surface area contributed by atoms with E-state index < -0.39 is 45.8 Å². The lowest BCUT2D eigenvalue weighted by molar-refractivity contribution is -0.388. The summed E-state index contributed by atoms with van der Waals surface area (Å²) in [6, 6.07) is 7.51. The summed E-state index contributed by atoms with van der Waals surface area (Å²) >= 11 is 0. The van der Waals surface area contributed by atoms with Gasteiger partial charge in [0.25, 0.3) is 5.69 Å². The molecule has 0 radical (unpaired) electrons. The van der Waals surface area contributed by atoms with Crippen molar-refractivity contribution < 1.29 is 49.2 Å². The van der Waals surface area contributed by atoms with E-state index in [1.807, 2.05) is 4.90 Å². The first-order valence-electron chi connectivity index (χ1n) is 14.5. The first-order chi connectivity index (χ1) is 22.0. The van der Waals surface area contributed by atoms with E-state index in [1.54, 1.807) is 12.1 Å². The van der Waals surface area contributed by atoms with Crippen molar-refractivity contribution in [3.63, 3.8) is 0 Å². The Labute approximate surface area is 262 Å². The second-order valence-corrected chi connectivity index (χ2v) is 11.3. The van der Waals surface area contributed by atoms with Gasteiger partial charge in [0.15, 0.2) is 0 Å². The minimum absolute atomic E-state index is 0.101. The monoisotopic (exact) mass is 677 g/mol. The number of nitro benzene ring substituents is 1. The fraction of sp³-hybridized carbons (Fsp3) is 0.433. The number of alkyl halides is 9. The zero-order valence-electron chi connectivity index (χ0n) is 24.4. The number of halogens is 9. The molecule has 1 N–H and O–H groups in total. The summed E-state index contributed by atoms with van der Waals surface area (Å²) in [5, 5.41) is 14.0. The Kier molecular flexibility index (Phi) is 9.37. The maximum Gasteiger partial charge on any atom is 0.423 e. The van der Waals surface area contributed by atoms with Crippen LogP contribution < -0.4 is 19.9 Å². The highest BCUT2D eigenvalue weighted by atomic mass is 19.4. The molecule has 2 aromatic carbocycles. The maximum atomic E-state index is 13.3. The topological polar surface area (TPSA) is 83.8 Å². The van der Waals surface area contributed by atoms with Crippen molar-refractivity contribution in [3.05, 3.63) is 81.5 Å². The number of ether oxygens (including phenoxy) is 1. The van der Waals surface area contributed by atoms with E-state index in [0.29, 0.717) is 49.4 Å². The molecule has 0 amide bonds. The summed E-state index contributed by atoms with van der Waals surface area (Å²) in [5.41, 5.74) is -5.14. The van der Waals surface area contributed by atoms with Gasteiger partial charge in [0, 0.05) is 61.9 Å². The largest absolute Gasteiger partial charge is 0.490 e. The van der Waals surface area contributed by atoms with Gasteiger partial charge < -0.3 is 19.9 Å². The Morgan fingerprint density at radius 3 is 1.91 bits per heavy atom. The van der Waals surface area contributed by atoms with Crippen molar-refractivity contribution in [1.29, 1.82) is 0 Å². The lowest BCUT2D eigenvalue weighted by atomic mass is 9.92. The molecule has 47 heavy (non-hydrogen) atoms. The van der Waals surface area contributed by atoms with Crippen LogP contribution in [-0.2, 0) is 18.5 Å². The summed E-state index contributed by atoms with van der Waals surface area (Å²) in [5.74, 6) is 1.03. The van der Waals surface area contributed by atoms with Crippen molar-refractivity contribution in [2.45, 2.75) is 56.4 Å². The molecule has 1 aromatic heterocycles. The maximum absolute atomic E-state index is 13.3. The zero-order chi connectivity index (χ0) is 34.1. The van der Waals surface area contributed by atoms with Crippen LogP contribution in [0.2, 0.25) is 0 Å². The molecule has 3 aromatic rings. The van der Waals surface area contributed by atoms with Crippen LogP contribution in [0.5, 0.6) is 5.75 Å². The third kappa shape index (κ3) is 8.29. The van der Waals surface area contributed by atoms with Gasteiger partial charge in [0.1, 0.15) is 17.1 Å². The van der Waals surface area contributed by atoms with Crippen molar-refractivity contribution in [1.82, 2.24) is 4.98 Å². The van der Waals surface area contributed by atoms with Crippen molar-refractivity contribution in [2.75, 3.05) is 41.3 Å². The minimum atomic E-state index is -4.94. The SMILES string of the molecule is O=[N+]([O-])c1ccc(NC2CCC(Oc3ccnc(N4CCN(c5cc(C(F)(F)F)cc(C(F)(F)F)c5)CC4)c3)CC2)cc1C(F)(F)F. The number of rotatable bonds is 7. The molecule has 5 rings (SSSR count). The van der Waals surface area contributed by atoms with Gasteiger partial charge in [-0.05, 0) is 62.1 Å². The highest BCUT2D eigenvalue weighted by Crippen LogP contribution is 2.40. The highest BCUT2D eigenvalue weighted by Gasteiger charge is 2.39. The van der Waals surface area contributed by atoms with Crippen LogP contribution >= 0.6 is 0 Å². The summed E-state index contributed by atoms with van der Waals surface area (Å²) < 4.78 is 126. The first kappa shape index (κ1) is 33.9. The number of pyridine rings is 1. The molecule has 254 valence electrons. The lowest BCUT2D eigenvalue weighted by Crippen LogP contribution is -2.47. The van der Waals surface area contributed by atoms with E-state index in [1.165, 1.54) is 17.2 Å². The molecular formula is C30H28F9N5O3. The van der Waals surface area contributed by atoms with Gasteiger partial charge in [-0.1, -0.05) is 0 Å². The van der Waals surface area contributed by atoms with Crippen LogP contribution in [0.1, 0.15) is 42.4 Å². The minimum Gasteiger partial charge on any atom is -0.490 e. The zero-order valence-corrected chi connectivity index (χ0v) is 24.4. The molecule has 1 aliphatic heterocycles. The Morgan fingerprint density at radius 2 is 1.36 bits per heavy atom. The lowest BCUT2D eigenvalue weighted by Gasteiger charge is -2.37. The number of nitrogens with one attached hydrogen (secondary N) is 1. The molecule has 2 heterocycles. The Bertz CT molecular complexity index is 1550. The van der Waals surface area contributed by atoms with Crippen LogP contribution in [0, 0.1) is 10.1 Å². The normalized spacial score (nSPS) is 19.4. The summed E-state index contributed by atoms with van der Waals surface area (Å²) in [6.07, 6.45) is -11.2. The second kappa shape index (κ2) is 13.0. The standard InChI is InChI=1S/C30H28F9N5O3/c31-28(32,33)18-13-19(29(34,35)36)15-22(14-18)42-9-11-43(12-10-42)27-17-24(7-8-40-27)47-23-4-1-20(2-5-23)41-21-3-6-26(44(45)46)25(16-21)30(37,38)39/h3,6-8,13-17,20,23,41H,1-2,4-5,9-12H2. The summed E-state index contributed by atoms with van der Waals surface area (Å²) in [6.45, 7) is 0.871. The average Bonchev–Trinajstić information content (AvgIpc) is 3.00. The van der Waals surface area contributed by atoms with Gasteiger partial charge in [-0.2, -0.15) is 39.5 Å². The molecule has 2 aliphatic rings. The predicted octanol–water partition coefficient (Wildman–Crippen LogP) is 8.17. The third-order valence-electron chi connectivity index (χ3n) is 8.10. The van der Waals surface area contributed by atoms with Gasteiger partial charge in [0.05, 0.1) is 22.2 Å². The fourth-order valence-electron chi connectivity index (χ4n) is 5.73. The molecule has 0 bridgehead atoms. The number of aromatic nitrogens is 1. The van der Waals surface area contributed by atoms with E-state index >= 15 is 0 Å². The predicted molar refractivity (Wildman–Crippen MR) is 154 cm³/mol. The van der Waals surface area contributed by atoms with Crippen LogP contribution in [-0.4, -0.2) is 48.2 Å². The first-order valence-corrected chi connectivity index (χ1v) is 14.5. The molecular weight excluding hydrogens is 649 g/mol. The van der Waals surface area contributed by atoms with Crippen LogP contribution in [0.15, 0.2) is 54.7 Å². The summed E-state index contributed by atoms with van der Waals surface area (Å²) in [7, 11) is 0. The number of piperazine rings is 1. The van der Waals surface area contributed by atoms with Crippen molar-refractivity contribution in [3.8, 4) is 5.75 Å². The van der Waals surface area contributed by atoms with Crippen LogP contribution in [0.25, 0.3) is 0 Å². The third-order valence-corrected chi connectivity index (χ3v) is 8.10. The van der Waals surface area contributed by atoms with E-state index in [9.17, 15) is 49.6 Å². The molecule has 1 aliphatic carbocycles. The van der Waals surface area contributed by atoms with Gasteiger partial charge in [-0.15, -0.1) is 0 Å². The molecule has 0 spiro atoms. The van der Waals surface area contributed by atoms with Crippen molar-refractivity contribution >= 4 is 22.9 Å². The molecule has 2 fully saturated rings. The fourth-order valence-corrected chi connectivity index (χ4v) is 5.73. The number of hydrogen-bond donors (Lipinski definition) is 1. The van der Waals surface area contributed by atoms with E-state index in [-0.39, 0.29) is 55.8 Å². The molecule has 1 saturated heterocycles. The van der Waals surface area contributed by atoms with Gasteiger partial charge >= 0.3 is 18.5 Å². The number of benzene rings is 2. The molecule has 17 heteroatoms. The number of anilines is 3. The van der Waals surface area contributed by atoms with E-state index in [4.69, 9.17) is 4.74 Å². The number of hydrogen-bond acceptors (Lipinski definition) is 7. The van der Waals surface area contributed by atoms with Crippen molar-refractivity contribution in [2.24, 2.45) is 0 Å². The Morgan fingerprint density at radius 1 is 0.766 bits per heavy atom. The number of nitro groups is 1. The van der Waals surface area contributed by atoms with Gasteiger partial charge in [-0.25, -0.2) is 4.98 Å². The Balaban J connectivity index is 1.16. The molecule has 0 unspecified atom stereocenters. The number of nitrogens with zero attached hydrogens (tertiary/aromatic N) is 4. The smallest absolute Gasteiger partial charge is 0.423 e.